The summed E-state index contributed by atoms with van der Waals surface area (Å²) in [4.78, 5) is 44.7. The van der Waals surface area contributed by atoms with Crippen molar-refractivity contribution >= 4 is 17.3 Å². The number of likely N-dealkylation sites (tertiary alicyclic amines) is 3. The first kappa shape index (κ1) is 44.2. The molecular weight excluding hydrogens is 883 g/mol. The summed E-state index contributed by atoms with van der Waals surface area (Å²) in [6.45, 7) is 2.61. The second-order valence-corrected chi connectivity index (χ2v) is 22.3. The summed E-state index contributed by atoms with van der Waals surface area (Å²) in [6, 6.07) is 12.1. The molecule has 0 amide bonds. The lowest BCUT2D eigenvalue weighted by Crippen LogP contribution is -2.76. The van der Waals surface area contributed by atoms with Crippen LogP contribution in [0.5, 0.6) is 34.5 Å². The smallest absolute Gasteiger partial charge is 0.174 e. The molecule has 3 saturated carbocycles. The van der Waals surface area contributed by atoms with Gasteiger partial charge in [0.1, 0.15) is 0 Å². The standard InChI is InChI=1S/3C18H21NO4/c3*1-19-8-7-17-14-10-3-4-12(22-2)15(14)23-16(17)11(20)5-6-18(17,21)13(19)9-10/h3*3-4,13,16,21H,5-9H2,1-2H3/t3*13-,16+,17+,18-/m111/s1. The van der Waals surface area contributed by atoms with Gasteiger partial charge in [0.05, 0.1) is 54.4 Å². The number of methoxy groups -OCH3 is 3. The summed E-state index contributed by atoms with van der Waals surface area (Å²) in [5.41, 5.74) is 2.21. The first-order valence-corrected chi connectivity index (χ1v) is 25.1. The van der Waals surface area contributed by atoms with E-state index in [1.807, 2.05) is 18.2 Å². The topological polar surface area (TPSA) is 177 Å². The molecule has 12 aliphatic rings. The van der Waals surface area contributed by atoms with Gasteiger partial charge in [0, 0.05) is 54.1 Å². The highest BCUT2D eigenvalue weighted by Gasteiger charge is 2.76. The van der Waals surface area contributed by atoms with Crippen molar-refractivity contribution in [2.75, 3.05) is 62.1 Å². The molecule has 6 aliphatic heterocycles. The maximum atomic E-state index is 12.7. The van der Waals surface area contributed by atoms with Gasteiger partial charge in [0.15, 0.2) is 70.2 Å². The van der Waals surface area contributed by atoms with Crippen molar-refractivity contribution in [3.8, 4) is 34.5 Å². The molecule has 3 saturated heterocycles. The summed E-state index contributed by atoms with van der Waals surface area (Å²) < 4.78 is 34.9. The Morgan fingerprint density at radius 3 is 1.00 bits per heavy atom. The number of hydrogen-bond acceptors (Lipinski definition) is 15. The van der Waals surface area contributed by atoms with Gasteiger partial charge in [0.25, 0.3) is 0 Å². The third kappa shape index (κ3) is 5.02. The van der Waals surface area contributed by atoms with E-state index in [2.05, 4.69) is 54.0 Å². The summed E-state index contributed by atoms with van der Waals surface area (Å²) in [7, 11) is 11.1. The van der Waals surface area contributed by atoms with E-state index in [4.69, 9.17) is 28.4 Å². The van der Waals surface area contributed by atoms with E-state index in [1.165, 1.54) is 16.7 Å². The number of nitrogens with zero attached hydrogens (tertiary/aromatic N) is 3. The van der Waals surface area contributed by atoms with Crippen LogP contribution in [0.15, 0.2) is 36.4 Å². The summed E-state index contributed by atoms with van der Waals surface area (Å²) in [6.07, 6.45) is 5.68. The van der Waals surface area contributed by atoms with Crippen LogP contribution in [-0.4, -0.2) is 163 Å². The average Bonchev–Trinajstić information content (AvgIpc) is 4.02. The molecule has 69 heavy (non-hydrogen) atoms. The quantitative estimate of drug-likeness (QED) is 0.349. The van der Waals surface area contributed by atoms with Crippen LogP contribution in [0.2, 0.25) is 0 Å². The number of carbonyl (C=O) groups excluding carboxylic acids is 3. The fourth-order valence-corrected chi connectivity index (χ4v) is 17.1. The Morgan fingerprint density at radius 1 is 0.464 bits per heavy atom. The predicted octanol–water partition coefficient (Wildman–Crippen LogP) is 3.14. The third-order valence-corrected chi connectivity index (χ3v) is 20.2. The van der Waals surface area contributed by atoms with Gasteiger partial charge in [-0.15, -0.1) is 0 Å². The first-order valence-electron chi connectivity index (χ1n) is 25.1. The maximum absolute atomic E-state index is 12.7. The largest absolute Gasteiger partial charge is 0.493 e. The molecule has 15 rings (SSSR count). The summed E-state index contributed by atoms with van der Waals surface area (Å²) in [5, 5.41) is 35.2. The Morgan fingerprint density at radius 2 is 0.739 bits per heavy atom. The number of Topliss-reactive ketones (excluding diaryl/α,β-unsaturated/α-hetero) is 3. The number of likely N-dealkylation sites (N-methyl/N-ethyl adjacent to an activating group) is 3. The second-order valence-electron chi connectivity index (χ2n) is 22.3. The van der Waals surface area contributed by atoms with Crippen molar-refractivity contribution in [1.29, 1.82) is 0 Å². The molecule has 366 valence electrons. The zero-order chi connectivity index (χ0) is 47.9. The molecule has 0 unspecified atom stereocenters. The van der Waals surface area contributed by atoms with Crippen molar-refractivity contribution in [3.63, 3.8) is 0 Å². The van der Waals surface area contributed by atoms with Gasteiger partial charge in [-0.25, -0.2) is 0 Å². The number of ether oxygens (including phenoxy) is 6. The number of piperidine rings is 3. The normalized spacial score (nSPS) is 40.6. The van der Waals surface area contributed by atoms with Crippen molar-refractivity contribution in [3.05, 3.63) is 69.8 Å². The van der Waals surface area contributed by atoms with Gasteiger partial charge >= 0.3 is 0 Å². The molecular formula is C54H63N3O12. The molecule has 6 aliphatic carbocycles. The number of carbonyl (C=O) groups is 3. The molecule has 3 aromatic rings. The Labute approximate surface area is 401 Å². The minimum absolute atomic E-state index is 0.0438. The van der Waals surface area contributed by atoms with Crippen LogP contribution in [0.3, 0.4) is 0 Å². The van der Waals surface area contributed by atoms with E-state index in [0.29, 0.717) is 73.0 Å². The van der Waals surface area contributed by atoms with Gasteiger partial charge in [0.2, 0.25) is 0 Å². The van der Waals surface area contributed by atoms with Crippen molar-refractivity contribution in [2.24, 2.45) is 0 Å². The molecule has 6 fully saturated rings. The van der Waals surface area contributed by atoms with E-state index in [-0.39, 0.29) is 35.5 Å². The molecule has 3 N–H and O–H groups in total. The Bertz CT molecular complexity index is 2490. The van der Waals surface area contributed by atoms with E-state index < -0.39 is 51.4 Å². The van der Waals surface area contributed by atoms with Crippen LogP contribution in [-0.2, 0) is 49.9 Å². The monoisotopic (exact) mass is 945 g/mol. The molecule has 6 bridgehead atoms. The van der Waals surface area contributed by atoms with Gasteiger partial charge < -0.3 is 58.4 Å². The molecule has 3 aromatic carbocycles. The van der Waals surface area contributed by atoms with Gasteiger partial charge in [-0.3, -0.25) is 14.4 Å². The summed E-state index contributed by atoms with van der Waals surface area (Å²) >= 11 is 0. The first-order chi connectivity index (χ1) is 33.1. The SMILES string of the molecule is COc1ccc2c3c1O[C@H]1C(=O)CC[C@@]4(O)[C@@H](C2)N(C)CC[C@]314.COc1ccc2c3c1O[C@H]1C(=O)CC[C@@]4(O)[C@@H](C2)N(C)CC[C@]314.COc1ccc2c3c1O[C@H]1C(=O)CC[C@@]4(O)[C@@H](C2)N(C)CC[C@]314. The maximum Gasteiger partial charge on any atom is 0.174 e. The Kier molecular flexibility index (Phi) is 9.25. The van der Waals surface area contributed by atoms with Crippen LogP contribution in [0.4, 0.5) is 0 Å². The number of aliphatic hydroxyl groups is 3. The minimum atomic E-state index is -0.900. The van der Waals surface area contributed by atoms with Gasteiger partial charge in [-0.05, 0) is 133 Å². The number of hydrogen-bond donors (Lipinski definition) is 3. The van der Waals surface area contributed by atoms with Crippen LogP contribution >= 0.6 is 0 Å². The predicted molar refractivity (Wildman–Crippen MR) is 249 cm³/mol. The summed E-state index contributed by atoms with van der Waals surface area (Å²) in [5.74, 6) is 4.41. The lowest BCUT2D eigenvalue weighted by Gasteiger charge is -2.62. The van der Waals surface area contributed by atoms with E-state index in [9.17, 15) is 29.7 Å². The Balaban J connectivity index is 0.000000102. The van der Waals surface area contributed by atoms with E-state index in [1.54, 1.807) is 21.3 Å². The van der Waals surface area contributed by atoms with Crippen LogP contribution in [0, 0.1) is 0 Å². The molecule has 15 nitrogen and oxygen atoms in total. The lowest BCUT2D eigenvalue weighted by atomic mass is 9.49. The number of rotatable bonds is 3. The lowest BCUT2D eigenvalue weighted by molar-refractivity contribution is -0.185. The minimum Gasteiger partial charge on any atom is -0.493 e. The van der Waals surface area contributed by atoms with E-state index in [0.717, 1.165) is 74.8 Å². The van der Waals surface area contributed by atoms with Crippen LogP contribution in [0.25, 0.3) is 0 Å². The van der Waals surface area contributed by atoms with Gasteiger partial charge in [-0.2, -0.15) is 0 Å². The molecule has 0 aromatic heterocycles. The molecule has 3 spiro atoms. The number of ketones is 3. The fraction of sp³-hybridized carbons (Fsp3) is 0.611. The molecule has 15 heteroatoms. The molecule has 0 radical (unpaired) electrons. The van der Waals surface area contributed by atoms with Crippen molar-refractivity contribution < 1.29 is 58.1 Å². The fourth-order valence-electron chi connectivity index (χ4n) is 17.1. The molecule has 6 heterocycles. The highest BCUT2D eigenvalue weighted by atomic mass is 16.5. The van der Waals surface area contributed by atoms with E-state index >= 15 is 0 Å². The Hall–Kier alpha value is -4.77. The highest BCUT2D eigenvalue weighted by molar-refractivity contribution is 5.92. The second kappa shape index (κ2) is 14.4. The van der Waals surface area contributed by atoms with Crippen LogP contribution in [0.1, 0.15) is 91.2 Å². The van der Waals surface area contributed by atoms with Crippen molar-refractivity contribution in [1.82, 2.24) is 14.7 Å². The highest BCUT2D eigenvalue weighted by Crippen LogP contribution is 2.68. The average molecular weight is 946 g/mol. The molecule has 12 atom stereocenters. The third-order valence-electron chi connectivity index (χ3n) is 20.2. The van der Waals surface area contributed by atoms with Gasteiger partial charge in [-0.1, -0.05) is 18.2 Å². The van der Waals surface area contributed by atoms with Crippen molar-refractivity contribution in [2.45, 2.75) is 147 Å². The van der Waals surface area contributed by atoms with Crippen LogP contribution < -0.4 is 28.4 Å². The zero-order valence-corrected chi connectivity index (χ0v) is 40.4. The number of benzene rings is 3. The zero-order valence-electron chi connectivity index (χ0n) is 40.4.